The second-order valence-corrected chi connectivity index (χ2v) is 3.58. The van der Waals surface area contributed by atoms with Crippen LogP contribution in [0.4, 0.5) is 0 Å². The average Bonchev–Trinajstić information content (AvgIpc) is 2.62. The van der Waals surface area contributed by atoms with Crippen LogP contribution >= 0.6 is 0 Å². The first-order valence-electron chi connectivity index (χ1n) is 5.02. The number of hydrogen-bond acceptors (Lipinski definition) is 4. The zero-order valence-electron chi connectivity index (χ0n) is 8.80. The van der Waals surface area contributed by atoms with E-state index in [4.69, 9.17) is 5.11 Å². The molecule has 0 aliphatic carbocycles. The summed E-state index contributed by atoms with van der Waals surface area (Å²) in [4.78, 5) is 2.06. The summed E-state index contributed by atoms with van der Waals surface area (Å²) in [5.74, 6) is 0.937. The van der Waals surface area contributed by atoms with Gasteiger partial charge < -0.3 is 10.0 Å². The molecule has 1 aromatic rings. The summed E-state index contributed by atoms with van der Waals surface area (Å²) >= 11 is 0. The van der Waals surface area contributed by atoms with Crippen molar-refractivity contribution in [2.24, 2.45) is 5.10 Å². The minimum Gasteiger partial charge on any atom is -0.395 e. The molecule has 1 aromatic carbocycles. The molecule has 80 valence electrons. The number of β-amino-alcohol motifs (C(OH)–C–C–N with tert-alkyl or cyclic N) is 1. The molecule has 1 heterocycles. The van der Waals surface area contributed by atoms with Gasteiger partial charge in [-0.05, 0) is 0 Å². The lowest BCUT2D eigenvalue weighted by atomic mass is 10.2. The largest absolute Gasteiger partial charge is 0.395 e. The Bertz CT molecular complexity index is 350. The maximum absolute atomic E-state index is 8.96. The highest BCUT2D eigenvalue weighted by molar-refractivity contribution is 5.99. The Balaban J connectivity index is 2.23. The minimum atomic E-state index is 0.152. The summed E-state index contributed by atoms with van der Waals surface area (Å²) < 4.78 is 0. The smallest absolute Gasteiger partial charge is 0.157 e. The Hall–Kier alpha value is -1.55. The van der Waals surface area contributed by atoms with E-state index in [0.29, 0.717) is 6.54 Å². The predicted molar refractivity (Wildman–Crippen MR) is 59.4 cm³/mol. The standard InChI is InChI=1S/C11H15N3O/c1-13-9-14(7-8-15)11(12-13)10-5-3-2-4-6-10/h2-6,15H,7-9H2,1H3. The van der Waals surface area contributed by atoms with Crippen LogP contribution in [-0.2, 0) is 0 Å². The molecule has 1 aliphatic rings. The molecule has 0 radical (unpaired) electrons. The predicted octanol–water partition coefficient (Wildman–Crippen LogP) is 0.545. The van der Waals surface area contributed by atoms with E-state index in [1.807, 2.05) is 42.4 Å². The Morgan fingerprint density at radius 2 is 2.07 bits per heavy atom. The molecule has 0 saturated heterocycles. The fourth-order valence-corrected chi connectivity index (χ4v) is 1.70. The number of rotatable bonds is 3. The molecule has 0 unspecified atom stereocenters. The minimum absolute atomic E-state index is 0.152. The molecule has 0 atom stereocenters. The maximum atomic E-state index is 8.96. The number of amidine groups is 1. The van der Waals surface area contributed by atoms with Gasteiger partial charge in [0.15, 0.2) is 5.84 Å². The number of nitrogens with zero attached hydrogens (tertiary/aromatic N) is 3. The van der Waals surface area contributed by atoms with Crippen molar-refractivity contribution in [2.45, 2.75) is 0 Å². The van der Waals surface area contributed by atoms with Crippen molar-refractivity contribution in [1.82, 2.24) is 9.91 Å². The number of hydrazone groups is 1. The topological polar surface area (TPSA) is 39.1 Å². The highest BCUT2D eigenvalue weighted by atomic mass is 16.3. The maximum Gasteiger partial charge on any atom is 0.157 e. The summed E-state index contributed by atoms with van der Waals surface area (Å²) in [5.41, 5.74) is 1.09. The number of hydrogen-bond donors (Lipinski definition) is 1. The number of aliphatic hydroxyl groups excluding tert-OH is 1. The van der Waals surface area contributed by atoms with E-state index in [-0.39, 0.29) is 6.61 Å². The summed E-state index contributed by atoms with van der Waals surface area (Å²) in [6.45, 7) is 1.52. The van der Waals surface area contributed by atoms with E-state index >= 15 is 0 Å². The first-order valence-corrected chi connectivity index (χ1v) is 5.02. The Morgan fingerprint density at radius 1 is 1.33 bits per heavy atom. The van der Waals surface area contributed by atoms with Crippen LogP contribution in [0, 0.1) is 0 Å². The van der Waals surface area contributed by atoms with Crippen molar-refractivity contribution in [2.75, 3.05) is 26.9 Å². The first-order chi connectivity index (χ1) is 7.31. The van der Waals surface area contributed by atoms with Crippen molar-refractivity contribution >= 4 is 5.84 Å². The highest BCUT2D eigenvalue weighted by Gasteiger charge is 2.20. The van der Waals surface area contributed by atoms with Crippen LogP contribution in [-0.4, -0.2) is 47.7 Å². The van der Waals surface area contributed by atoms with E-state index in [9.17, 15) is 0 Å². The number of aliphatic hydroxyl groups is 1. The molecule has 0 bridgehead atoms. The molecule has 2 rings (SSSR count). The SMILES string of the molecule is CN1CN(CCO)C(c2ccccc2)=N1. The second kappa shape index (κ2) is 4.31. The summed E-state index contributed by atoms with van der Waals surface area (Å²) in [6, 6.07) is 10.0. The molecule has 0 spiro atoms. The van der Waals surface area contributed by atoms with Gasteiger partial charge in [-0.2, -0.15) is 5.10 Å². The zero-order chi connectivity index (χ0) is 10.7. The first kappa shape index (κ1) is 9.98. The monoisotopic (exact) mass is 205 g/mol. The molecule has 0 fully saturated rings. The third-order valence-electron chi connectivity index (χ3n) is 2.34. The lowest BCUT2D eigenvalue weighted by molar-refractivity contribution is 0.217. The van der Waals surface area contributed by atoms with Gasteiger partial charge in [0, 0.05) is 19.2 Å². The van der Waals surface area contributed by atoms with Gasteiger partial charge in [0.05, 0.1) is 6.61 Å². The highest BCUT2D eigenvalue weighted by Crippen LogP contribution is 2.12. The lowest BCUT2D eigenvalue weighted by Crippen LogP contribution is -2.32. The molecular formula is C11H15N3O. The van der Waals surface area contributed by atoms with E-state index in [0.717, 1.165) is 18.1 Å². The fraction of sp³-hybridized carbons (Fsp3) is 0.364. The fourth-order valence-electron chi connectivity index (χ4n) is 1.70. The van der Waals surface area contributed by atoms with Crippen molar-refractivity contribution in [3.05, 3.63) is 35.9 Å². The lowest BCUT2D eigenvalue weighted by Gasteiger charge is -2.18. The van der Waals surface area contributed by atoms with Gasteiger partial charge in [-0.1, -0.05) is 30.3 Å². The Labute approximate surface area is 89.4 Å². The van der Waals surface area contributed by atoms with E-state index in [2.05, 4.69) is 10.0 Å². The van der Waals surface area contributed by atoms with Crippen LogP contribution in [0.2, 0.25) is 0 Å². The molecule has 4 nitrogen and oxygen atoms in total. The molecule has 4 heteroatoms. The molecule has 1 N–H and O–H groups in total. The van der Waals surface area contributed by atoms with Gasteiger partial charge in [0.25, 0.3) is 0 Å². The molecular weight excluding hydrogens is 190 g/mol. The Kier molecular flexibility index (Phi) is 2.87. The number of benzene rings is 1. The summed E-state index contributed by atoms with van der Waals surface area (Å²) in [5, 5.41) is 15.3. The van der Waals surface area contributed by atoms with Gasteiger partial charge in [-0.15, -0.1) is 0 Å². The average molecular weight is 205 g/mol. The third-order valence-corrected chi connectivity index (χ3v) is 2.34. The van der Waals surface area contributed by atoms with Gasteiger partial charge in [0.1, 0.15) is 6.67 Å². The van der Waals surface area contributed by atoms with Gasteiger partial charge in [-0.25, -0.2) is 0 Å². The molecule has 0 saturated carbocycles. The quantitative estimate of drug-likeness (QED) is 0.783. The Morgan fingerprint density at radius 3 is 2.73 bits per heavy atom. The van der Waals surface area contributed by atoms with Gasteiger partial charge >= 0.3 is 0 Å². The van der Waals surface area contributed by atoms with E-state index in [1.54, 1.807) is 0 Å². The van der Waals surface area contributed by atoms with Crippen LogP contribution in [0.3, 0.4) is 0 Å². The normalized spacial score (nSPS) is 15.7. The van der Waals surface area contributed by atoms with E-state index in [1.165, 1.54) is 0 Å². The van der Waals surface area contributed by atoms with Gasteiger partial charge in [0.2, 0.25) is 0 Å². The van der Waals surface area contributed by atoms with Gasteiger partial charge in [-0.3, -0.25) is 5.01 Å². The molecule has 15 heavy (non-hydrogen) atoms. The second-order valence-electron chi connectivity index (χ2n) is 3.58. The van der Waals surface area contributed by atoms with E-state index < -0.39 is 0 Å². The summed E-state index contributed by atoms with van der Waals surface area (Å²) in [7, 11) is 1.93. The van der Waals surface area contributed by atoms with Crippen LogP contribution in [0.1, 0.15) is 5.56 Å². The molecule has 0 amide bonds. The van der Waals surface area contributed by atoms with Crippen LogP contribution in [0.5, 0.6) is 0 Å². The van der Waals surface area contributed by atoms with Crippen LogP contribution in [0.15, 0.2) is 35.4 Å². The zero-order valence-corrected chi connectivity index (χ0v) is 8.80. The van der Waals surface area contributed by atoms with Crippen LogP contribution < -0.4 is 0 Å². The summed E-state index contributed by atoms with van der Waals surface area (Å²) in [6.07, 6.45) is 0. The van der Waals surface area contributed by atoms with Crippen molar-refractivity contribution in [3.63, 3.8) is 0 Å². The third kappa shape index (κ3) is 2.10. The van der Waals surface area contributed by atoms with Crippen molar-refractivity contribution < 1.29 is 5.11 Å². The van der Waals surface area contributed by atoms with Crippen molar-refractivity contribution in [3.8, 4) is 0 Å². The van der Waals surface area contributed by atoms with Crippen LogP contribution in [0.25, 0.3) is 0 Å². The van der Waals surface area contributed by atoms with Crippen molar-refractivity contribution in [1.29, 1.82) is 0 Å². The molecule has 0 aromatic heterocycles. The molecule has 1 aliphatic heterocycles.